The maximum absolute atomic E-state index is 13.7. The SMILES string of the molecule is CC(Cn1c(=S)[nH]c2c(F)cc(F)cc21)N(C)C1CC1. The zero-order valence-corrected chi connectivity index (χ0v) is 12.3. The summed E-state index contributed by atoms with van der Waals surface area (Å²) in [5.74, 6) is -1.19. The molecule has 1 atom stereocenters. The molecule has 1 aliphatic rings. The van der Waals surface area contributed by atoms with Gasteiger partial charge in [0.2, 0.25) is 0 Å². The van der Waals surface area contributed by atoms with Crippen molar-refractivity contribution in [2.45, 2.75) is 38.4 Å². The van der Waals surface area contributed by atoms with Crippen LogP contribution in [-0.4, -0.2) is 33.6 Å². The predicted octanol–water partition coefficient (Wildman–Crippen LogP) is 3.46. The molecule has 0 bridgehead atoms. The van der Waals surface area contributed by atoms with Gasteiger partial charge in [-0.1, -0.05) is 0 Å². The number of H-pyrrole nitrogens is 1. The van der Waals surface area contributed by atoms with Gasteiger partial charge in [0.15, 0.2) is 10.6 Å². The van der Waals surface area contributed by atoms with Gasteiger partial charge in [-0.15, -0.1) is 0 Å². The first-order chi connectivity index (χ1) is 9.47. The second-order valence-electron chi connectivity index (χ2n) is 5.57. The minimum atomic E-state index is -0.604. The van der Waals surface area contributed by atoms with E-state index in [9.17, 15) is 8.78 Å². The van der Waals surface area contributed by atoms with Crippen molar-refractivity contribution >= 4 is 23.3 Å². The number of nitrogens with zero attached hydrogens (tertiary/aromatic N) is 2. The molecular formula is C14H17F2N3S. The van der Waals surface area contributed by atoms with Gasteiger partial charge < -0.3 is 9.55 Å². The van der Waals surface area contributed by atoms with Crippen LogP contribution in [0.5, 0.6) is 0 Å². The third-order valence-corrected chi connectivity index (χ3v) is 4.39. The number of benzene rings is 1. The van der Waals surface area contributed by atoms with Crippen molar-refractivity contribution in [1.82, 2.24) is 14.5 Å². The molecule has 1 unspecified atom stereocenters. The predicted molar refractivity (Wildman–Crippen MR) is 77.3 cm³/mol. The first-order valence-corrected chi connectivity index (χ1v) is 7.17. The van der Waals surface area contributed by atoms with Crippen molar-refractivity contribution < 1.29 is 8.78 Å². The average molecular weight is 297 g/mol. The molecule has 20 heavy (non-hydrogen) atoms. The number of aromatic nitrogens is 2. The van der Waals surface area contributed by atoms with Gasteiger partial charge in [0, 0.05) is 24.7 Å². The highest BCUT2D eigenvalue weighted by Crippen LogP contribution is 2.28. The first kappa shape index (κ1) is 13.7. The van der Waals surface area contributed by atoms with Gasteiger partial charge >= 0.3 is 0 Å². The summed E-state index contributed by atoms with van der Waals surface area (Å²) in [6.45, 7) is 2.73. The molecule has 108 valence electrons. The Kier molecular flexibility index (Phi) is 3.38. The van der Waals surface area contributed by atoms with Crippen LogP contribution in [0.1, 0.15) is 19.8 Å². The molecule has 1 N–H and O–H groups in total. The van der Waals surface area contributed by atoms with Gasteiger partial charge in [-0.3, -0.25) is 4.90 Å². The summed E-state index contributed by atoms with van der Waals surface area (Å²) in [5.41, 5.74) is 0.765. The minimum absolute atomic E-state index is 0.263. The molecule has 0 amide bonds. The zero-order chi connectivity index (χ0) is 14.4. The van der Waals surface area contributed by atoms with Crippen molar-refractivity contribution in [2.75, 3.05) is 7.05 Å². The summed E-state index contributed by atoms with van der Waals surface area (Å²) in [6.07, 6.45) is 2.45. The molecule has 1 saturated carbocycles. The Balaban J connectivity index is 1.98. The normalized spacial score (nSPS) is 17.1. The maximum atomic E-state index is 13.7. The molecule has 0 spiro atoms. The van der Waals surface area contributed by atoms with Gasteiger partial charge in [-0.05, 0) is 45.1 Å². The largest absolute Gasteiger partial charge is 0.328 e. The topological polar surface area (TPSA) is 24.0 Å². The molecule has 0 saturated heterocycles. The maximum Gasteiger partial charge on any atom is 0.178 e. The van der Waals surface area contributed by atoms with E-state index in [1.165, 1.54) is 18.9 Å². The van der Waals surface area contributed by atoms with Gasteiger partial charge in [0.05, 0.1) is 5.52 Å². The van der Waals surface area contributed by atoms with Crippen LogP contribution in [0.4, 0.5) is 8.78 Å². The van der Waals surface area contributed by atoms with Gasteiger partial charge in [-0.25, -0.2) is 8.78 Å². The van der Waals surface area contributed by atoms with E-state index in [1.54, 1.807) is 4.57 Å². The van der Waals surface area contributed by atoms with Crippen LogP contribution in [0, 0.1) is 16.4 Å². The molecule has 1 aromatic heterocycles. The van der Waals surface area contributed by atoms with Crippen molar-refractivity contribution in [2.24, 2.45) is 0 Å². The van der Waals surface area contributed by atoms with Crippen molar-refractivity contribution in [3.63, 3.8) is 0 Å². The van der Waals surface area contributed by atoms with Crippen LogP contribution < -0.4 is 0 Å². The molecule has 3 nitrogen and oxygen atoms in total. The highest BCUT2D eigenvalue weighted by atomic mass is 32.1. The molecular weight excluding hydrogens is 280 g/mol. The van der Waals surface area contributed by atoms with Crippen LogP contribution in [0.15, 0.2) is 12.1 Å². The summed E-state index contributed by atoms with van der Waals surface area (Å²) < 4.78 is 29.4. The number of likely N-dealkylation sites (N-methyl/N-ethyl adjacent to an activating group) is 1. The van der Waals surface area contributed by atoms with E-state index in [2.05, 4.69) is 23.9 Å². The fraction of sp³-hybridized carbons (Fsp3) is 0.500. The Hall–Kier alpha value is -1.27. The quantitative estimate of drug-likeness (QED) is 0.874. The van der Waals surface area contributed by atoms with E-state index in [-0.39, 0.29) is 11.6 Å². The molecule has 0 aliphatic heterocycles. The number of aromatic amines is 1. The molecule has 1 fully saturated rings. The Morgan fingerprint density at radius 3 is 2.80 bits per heavy atom. The fourth-order valence-corrected chi connectivity index (χ4v) is 2.87. The minimum Gasteiger partial charge on any atom is -0.328 e. The molecule has 0 radical (unpaired) electrons. The number of rotatable bonds is 4. The number of fused-ring (bicyclic) bond motifs is 1. The van der Waals surface area contributed by atoms with E-state index < -0.39 is 11.6 Å². The van der Waals surface area contributed by atoms with Gasteiger partial charge in [-0.2, -0.15) is 0 Å². The van der Waals surface area contributed by atoms with E-state index in [0.717, 1.165) is 6.07 Å². The second kappa shape index (κ2) is 4.93. The number of nitrogens with one attached hydrogen (secondary N) is 1. The lowest BCUT2D eigenvalue weighted by Crippen LogP contribution is -2.34. The van der Waals surface area contributed by atoms with Crippen LogP contribution in [0.3, 0.4) is 0 Å². The number of hydrogen-bond acceptors (Lipinski definition) is 2. The smallest absolute Gasteiger partial charge is 0.178 e. The monoisotopic (exact) mass is 297 g/mol. The highest BCUT2D eigenvalue weighted by molar-refractivity contribution is 7.71. The van der Waals surface area contributed by atoms with E-state index >= 15 is 0 Å². The van der Waals surface area contributed by atoms with Crippen molar-refractivity contribution in [3.05, 3.63) is 28.5 Å². The van der Waals surface area contributed by atoms with Gasteiger partial charge in [0.25, 0.3) is 0 Å². The molecule has 3 rings (SSSR count). The third-order valence-electron chi connectivity index (χ3n) is 4.07. The lowest BCUT2D eigenvalue weighted by molar-refractivity contribution is 0.226. The lowest BCUT2D eigenvalue weighted by atomic mass is 10.2. The summed E-state index contributed by atoms with van der Waals surface area (Å²) in [7, 11) is 2.09. The summed E-state index contributed by atoms with van der Waals surface area (Å²) in [4.78, 5) is 5.13. The van der Waals surface area contributed by atoms with Crippen molar-refractivity contribution in [3.8, 4) is 0 Å². The van der Waals surface area contributed by atoms with Crippen LogP contribution in [-0.2, 0) is 6.54 Å². The highest BCUT2D eigenvalue weighted by Gasteiger charge is 2.29. The molecule has 1 heterocycles. The van der Waals surface area contributed by atoms with Gasteiger partial charge in [0.1, 0.15) is 11.3 Å². The Morgan fingerprint density at radius 1 is 1.45 bits per heavy atom. The number of halogens is 2. The molecule has 1 aromatic carbocycles. The Morgan fingerprint density at radius 2 is 2.15 bits per heavy atom. The Labute approximate surface area is 121 Å². The van der Waals surface area contributed by atoms with E-state index in [0.29, 0.717) is 22.9 Å². The number of imidazole rings is 1. The van der Waals surface area contributed by atoms with Crippen LogP contribution in [0.2, 0.25) is 0 Å². The second-order valence-corrected chi connectivity index (χ2v) is 5.95. The fourth-order valence-electron chi connectivity index (χ4n) is 2.60. The molecule has 2 aromatic rings. The third kappa shape index (κ3) is 2.38. The van der Waals surface area contributed by atoms with E-state index in [4.69, 9.17) is 12.2 Å². The summed E-state index contributed by atoms with van der Waals surface area (Å²) >= 11 is 5.24. The number of hydrogen-bond donors (Lipinski definition) is 1. The Bertz CT molecular complexity index is 702. The van der Waals surface area contributed by atoms with Crippen molar-refractivity contribution in [1.29, 1.82) is 0 Å². The van der Waals surface area contributed by atoms with Crippen LogP contribution >= 0.6 is 12.2 Å². The first-order valence-electron chi connectivity index (χ1n) is 6.77. The lowest BCUT2D eigenvalue weighted by Gasteiger charge is -2.25. The van der Waals surface area contributed by atoms with Crippen LogP contribution in [0.25, 0.3) is 11.0 Å². The van der Waals surface area contributed by atoms with E-state index in [1.807, 2.05) is 0 Å². The molecule has 6 heteroatoms. The molecule has 1 aliphatic carbocycles. The summed E-state index contributed by atoms with van der Waals surface area (Å²) in [6, 6.07) is 3.10. The zero-order valence-electron chi connectivity index (χ0n) is 11.5. The average Bonchev–Trinajstić information content (AvgIpc) is 3.17. The standard InChI is InChI=1S/C14H17F2N3S/c1-8(18(2)10-3-4-10)7-19-12-6-9(15)5-11(16)13(12)17-14(19)20/h5-6,8,10H,3-4,7H2,1-2H3,(H,17,20). The summed E-state index contributed by atoms with van der Waals surface area (Å²) in [5, 5.41) is 0.